The molecule has 1 N–H and O–H groups in total. The van der Waals surface area contributed by atoms with Crippen molar-refractivity contribution >= 4 is 17.7 Å². The second-order valence-electron chi connectivity index (χ2n) is 4.34. The minimum atomic E-state index is -0.301. The van der Waals surface area contributed by atoms with Crippen LogP contribution < -0.4 is 10.1 Å². The number of nitrogens with one attached hydrogen (secondary N) is 1. The number of hydrogen-bond donors (Lipinski definition) is 1. The zero-order chi connectivity index (χ0) is 15.1. The van der Waals surface area contributed by atoms with Gasteiger partial charge < -0.3 is 10.1 Å². The van der Waals surface area contributed by atoms with Crippen molar-refractivity contribution in [3.8, 4) is 5.75 Å². The van der Waals surface area contributed by atoms with Crippen LogP contribution in [0.3, 0.4) is 0 Å². The van der Waals surface area contributed by atoms with Crippen molar-refractivity contribution in [1.82, 2.24) is 5.32 Å². The molecule has 0 aliphatic heterocycles. The van der Waals surface area contributed by atoms with E-state index in [1.54, 1.807) is 25.3 Å². The number of rotatable bonds is 6. The lowest BCUT2D eigenvalue weighted by Gasteiger charge is -2.06. The van der Waals surface area contributed by atoms with Crippen LogP contribution in [-0.4, -0.2) is 18.8 Å². The highest BCUT2D eigenvalue weighted by molar-refractivity contribution is 8.00. The number of hydrogen-bond acceptors (Lipinski definition) is 3. The molecule has 0 bridgehead atoms. The summed E-state index contributed by atoms with van der Waals surface area (Å²) in [4.78, 5) is 12.2. The van der Waals surface area contributed by atoms with Crippen LogP contribution in [0, 0.1) is 5.82 Å². The van der Waals surface area contributed by atoms with Gasteiger partial charge >= 0.3 is 0 Å². The topological polar surface area (TPSA) is 38.3 Å². The normalized spacial score (nSPS) is 10.2. The van der Waals surface area contributed by atoms with Crippen LogP contribution in [0.4, 0.5) is 4.39 Å². The first-order valence-corrected chi connectivity index (χ1v) is 7.44. The summed E-state index contributed by atoms with van der Waals surface area (Å²) >= 11 is 1.19. The number of benzene rings is 2. The van der Waals surface area contributed by atoms with Gasteiger partial charge in [0, 0.05) is 11.4 Å². The van der Waals surface area contributed by atoms with Gasteiger partial charge in [0.05, 0.1) is 12.9 Å². The van der Waals surface area contributed by atoms with Crippen molar-refractivity contribution in [2.24, 2.45) is 0 Å². The highest BCUT2D eigenvalue weighted by atomic mass is 32.2. The molecular formula is C16H16FNO2S. The zero-order valence-corrected chi connectivity index (χ0v) is 12.5. The molecule has 0 atom stereocenters. The molecule has 0 fully saturated rings. The molecule has 0 aromatic heterocycles. The van der Waals surface area contributed by atoms with E-state index < -0.39 is 0 Å². The van der Waals surface area contributed by atoms with E-state index >= 15 is 0 Å². The van der Waals surface area contributed by atoms with Crippen molar-refractivity contribution in [3.05, 3.63) is 59.9 Å². The Morgan fingerprint density at radius 2 is 1.90 bits per heavy atom. The summed E-state index contributed by atoms with van der Waals surface area (Å²) in [6.45, 7) is 0.445. The maximum atomic E-state index is 13.4. The second-order valence-corrected chi connectivity index (χ2v) is 5.36. The predicted octanol–water partition coefficient (Wildman–Crippen LogP) is 3.24. The Morgan fingerprint density at radius 3 is 2.57 bits per heavy atom. The standard InChI is InChI=1S/C16H16FNO2S/c1-20-13-8-6-12(7-9-13)10-18-16(19)11-21-15-5-3-2-4-14(15)17/h2-9H,10-11H2,1H3,(H,18,19). The van der Waals surface area contributed by atoms with Gasteiger partial charge in [-0.25, -0.2) is 4.39 Å². The first kappa shape index (κ1) is 15.4. The Hall–Kier alpha value is -2.01. The number of ether oxygens (including phenoxy) is 1. The average Bonchev–Trinajstić information content (AvgIpc) is 2.52. The Kier molecular flexibility index (Phi) is 5.63. The third-order valence-electron chi connectivity index (χ3n) is 2.84. The SMILES string of the molecule is COc1ccc(CNC(=O)CSc2ccccc2F)cc1. The molecule has 0 heterocycles. The minimum absolute atomic E-state index is 0.126. The quantitative estimate of drug-likeness (QED) is 0.833. The van der Waals surface area contributed by atoms with E-state index in [1.165, 1.54) is 17.8 Å². The van der Waals surface area contributed by atoms with Gasteiger partial charge in [-0.1, -0.05) is 24.3 Å². The Balaban J connectivity index is 1.78. The molecule has 1 amide bonds. The molecule has 0 saturated heterocycles. The highest BCUT2D eigenvalue weighted by Gasteiger charge is 2.06. The summed E-state index contributed by atoms with van der Waals surface area (Å²) in [7, 11) is 1.61. The molecule has 0 unspecified atom stereocenters. The van der Waals surface area contributed by atoms with E-state index in [9.17, 15) is 9.18 Å². The number of halogens is 1. The number of methoxy groups -OCH3 is 1. The van der Waals surface area contributed by atoms with Crippen molar-refractivity contribution < 1.29 is 13.9 Å². The third-order valence-corrected chi connectivity index (χ3v) is 3.89. The van der Waals surface area contributed by atoms with E-state index in [0.29, 0.717) is 11.4 Å². The summed E-state index contributed by atoms with van der Waals surface area (Å²) in [5, 5.41) is 2.80. The molecule has 2 rings (SSSR count). The minimum Gasteiger partial charge on any atom is -0.497 e. The van der Waals surface area contributed by atoms with E-state index in [4.69, 9.17) is 4.74 Å². The maximum absolute atomic E-state index is 13.4. The van der Waals surface area contributed by atoms with Crippen molar-refractivity contribution in [2.75, 3.05) is 12.9 Å². The van der Waals surface area contributed by atoms with Crippen LogP contribution in [0.5, 0.6) is 5.75 Å². The van der Waals surface area contributed by atoms with Gasteiger partial charge in [0.1, 0.15) is 11.6 Å². The summed E-state index contributed by atoms with van der Waals surface area (Å²) in [5.74, 6) is 0.543. The van der Waals surface area contributed by atoms with E-state index in [1.807, 2.05) is 24.3 Å². The van der Waals surface area contributed by atoms with E-state index in [0.717, 1.165) is 11.3 Å². The lowest BCUT2D eigenvalue weighted by molar-refractivity contribution is -0.118. The van der Waals surface area contributed by atoms with E-state index in [-0.39, 0.29) is 17.5 Å². The first-order valence-electron chi connectivity index (χ1n) is 6.46. The summed E-state index contributed by atoms with van der Waals surface area (Å²) in [6, 6.07) is 13.9. The molecule has 0 spiro atoms. The van der Waals surface area contributed by atoms with Crippen LogP contribution in [-0.2, 0) is 11.3 Å². The molecule has 3 nitrogen and oxygen atoms in total. The Morgan fingerprint density at radius 1 is 1.19 bits per heavy atom. The number of thioether (sulfide) groups is 1. The molecule has 110 valence electrons. The van der Waals surface area contributed by atoms with Gasteiger partial charge in [-0.3, -0.25) is 4.79 Å². The molecular weight excluding hydrogens is 289 g/mol. The lowest BCUT2D eigenvalue weighted by atomic mass is 10.2. The van der Waals surface area contributed by atoms with Crippen LogP contribution >= 0.6 is 11.8 Å². The number of carbonyl (C=O) groups is 1. The molecule has 5 heteroatoms. The number of carbonyl (C=O) groups excluding carboxylic acids is 1. The summed E-state index contributed by atoms with van der Waals surface area (Å²) in [5.41, 5.74) is 0.986. The fourth-order valence-electron chi connectivity index (χ4n) is 1.70. The summed E-state index contributed by atoms with van der Waals surface area (Å²) < 4.78 is 18.5. The van der Waals surface area contributed by atoms with Crippen LogP contribution in [0.25, 0.3) is 0 Å². The predicted molar refractivity (Wildman–Crippen MR) is 82.0 cm³/mol. The monoisotopic (exact) mass is 305 g/mol. The smallest absolute Gasteiger partial charge is 0.230 e. The number of amides is 1. The third kappa shape index (κ3) is 4.79. The van der Waals surface area contributed by atoms with Crippen LogP contribution in [0.2, 0.25) is 0 Å². The van der Waals surface area contributed by atoms with Gasteiger partial charge in [-0.2, -0.15) is 0 Å². The van der Waals surface area contributed by atoms with Crippen molar-refractivity contribution in [3.63, 3.8) is 0 Å². The van der Waals surface area contributed by atoms with Gasteiger partial charge in [0.15, 0.2) is 0 Å². The molecule has 0 aliphatic rings. The van der Waals surface area contributed by atoms with E-state index in [2.05, 4.69) is 5.32 Å². The molecule has 0 radical (unpaired) electrons. The van der Waals surface area contributed by atoms with Crippen molar-refractivity contribution in [1.29, 1.82) is 0 Å². The van der Waals surface area contributed by atoms with Crippen molar-refractivity contribution in [2.45, 2.75) is 11.4 Å². The molecule has 0 aliphatic carbocycles. The summed E-state index contributed by atoms with van der Waals surface area (Å²) in [6.07, 6.45) is 0. The Labute approximate surface area is 127 Å². The zero-order valence-electron chi connectivity index (χ0n) is 11.6. The first-order chi connectivity index (χ1) is 10.2. The fraction of sp³-hybridized carbons (Fsp3) is 0.188. The van der Waals surface area contributed by atoms with Crippen LogP contribution in [0.15, 0.2) is 53.4 Å². The van der Waals surface area contributed by atoms with Gasteiger partial charge in [-0.05, 0) is 29.8 Å². The average molecular weight is 305 g/mol. The lowest BCUT2D eigenvalue weighted by Crippen LogP contribution is -2.24. The van der Waals surface area contributed by atoms with Gasteiger partial charge in [-0.15, -0.1) is 11.8 Å². The molecule has 0 saturated carbocycles. The van der Waals surface area contributed by atoms with Gasteiger partial charge in [0.25, 0.3) is 0 Å². The largest absolute Gasteiger partial charge is 0.497 e. The highest BCUT2D eigenvalue weighted by Crippen LogP contribution is 2.20. The maximum Gasteiger partial charge on any atom is 0.230 e. The fourth-order valence-corrected chi connectivity index (χ4v) is 2.47. The van der Waals surface area contributed by atoms with Crippen LogP contribution in [0.1, 0.15) is 5.56 Å². The molecule has 21 heavy (non-hydrogen) atoms. The van der Waals surface area contributed by atoms with Gasteiger partial charge in [0.2, 0.25) is 5.91 Å². The second kappa shape index (κ2) is 7.69. The Bertz CT molecular complexity index is 601. The molecule has 2 aromatic carbocycles. The molecule has 2 aromatic rings.